The molecule has 0 amide bonds. The normalized spacial score (nSPS) is 29.7. The van der Waals surface area contributed by atoms with E-state index >= 15 is 0 Å². The molecule has 1 aliphatic rings. The van der Waals surface area contributed by atoms with Crippen LogP contribution in [0.15, 0.2) is 10.9 Å². The fourth-order valence-electron chi connectivity index (χ4n) is 1.43. The smallest absolute Gasteiger partial charge is 0.240 e. The van der Waals surface area contributed by atoms with Crippen molar-refractivity contribution in [2.24, 2.45) is 0 Å². The molecule has 0 aliphatic carbocycles. The Bertz CT molecular complexity index is 254. The van der Waals surface area contributed by atoms with Gasteiger partial charge < -0.3 is 14.7 Å². The fraction of sp³-hybridized carbons (Fsp3) is 0.714. The Morgan fingerprint density at radius 3 is 2.69 bits per heavy atom. The summed E-state index contributed by atoms with van der Waals surface area (Å²) in [6, 6.07) is 0. The summed E-state index contributed by atoms with van der Waals surface area (Å²) in [4.78, 5) is 5.71. The molecule has 6 heteroatoms. The molecule has 6 nitrogen and oxygen atoms in total. The second kappa shape index (κ2) is 3.41. The Morgan fingerprint density at radius 2 is 2.15 bits per heavy atom. The molecule has 1 aliphatic heterocycles. The van der Waals surface area contributed by atoms with Gasteiger partial charge in [-0.2, -0.15) is 4.98 Å². The molecule has 1 aromatic rings. The highest BCUT2D eigenvalue weighted by molar-refractivity contribution is 4.86. The maximum Gasteiger partial charge on any atom is 0.240 e. The lowest BCUT2D eigenvalue weighted by molar-refractivity contribution is 0.0572. The monoisotopic (exact) mass is 185 g/mol. The summed E-state index contributed by atoms with van der Waals surface area (Å²) in [5.41, 5.74) is 0. The minimum atomic E-state index is -0.664. The van der Waals surface area contributed by atoms with E-state index in [9.17, 15) is 10.2 Å². The van der Waals surface area contributed by atoms with Crippen molar-refractivity contribution in [1.29, 1.82) is 0 Å². The van der Waals surface area contributed by atoms with Crippen LogP contribution in [-0.2, 0) is 6.54 Å². The van der Waals surface area contributed by atoms with Crippen molar-refractivity contribution in [3.63, 3.8) is 0 Å². The molecule has 0 unspecified atom stereocenters. The molecule has 0 aromatic carbocycles. The molecule has 2 N–H and O–H groups in total. The number of aliphatic hydroxyl groups is 2. The van der Waals surface area contributed by atoms with Crippen LogP contribution in [-0.4, -0.2) is 50.6 Å². The van der Waals surface area contributed by atoms with E-state index in [2.05, 4.69) is 10.1 Å². The quantitative estimate of drug-likeness (QED) is 0.590. The van der Waals surface area contributed by atoms with Crippen LogP contribution >= 0.6 is 0 Å². The number of aliphatic hydroxyl groups excluding tert-OH is 2. The van der Waals surface area contributed by atoms with E-state index in [4.69, 9.17) is 4.52 Å². The number of β-amino-alcohol motifs (C(OH)–C–C–N with tert-alkyl or cyclic N) is 2. The van der Waals surface area contributed by atoms with Crippen molar-refractivity contribution in [2.45, 2.75) is 18.8 Å². The van der Waals surface area contributed by atoms with Crippen LogP contribution in [0.2, 0.25) is 0 Å². The number of hydrogen-bond donors (Lipinski definition) is 2. The average Bonchev–Trinajstić information content (AvgIpc) is 2.64. The largest absolute Gasteiger partial charge is 0.389 e. The molecule has 13 heavy (non-hydrogen) atoms. The molecule has 2 atom stereocenters. The second-order valence-electron chi connectivity index (χ2n) is 3.16. The molecule has 0 bridgehead atoms. The first-order valence-electron chi connectivity index (χ1n) is 4.10. The molecule has 0 radical (unpaired) electrons. The summed E-state index contributed by atoms with van der Waals surface area (Å²) >= 11 is 0. The highest BCUT2D eigenvalue weighted by atomic mass is 16.5. The third-order valence-corrected chi connectivity index (χ3v) is 2.10. The van der Waals surface area contributed by atoms with Gasteiger partial charge in [0.15, 0.2) is 6.33 Å². The van der Waals surface area contributed by atoms with Crippen molar-refractivity contribution in [1.82, 2.24) is 15.0 Å². The predicted molar refractivity (Wildman–Crippen MR) is 41.6 cm³/mol. The lowest BCUT2D eigenvalue weighted by Crippen LogP contribution is -2.22. The van der Waals surface area contributed by atoms with E-state index in [0.717, 1.165) is 0 Å². The van der Waals surface area contributed by atoms with Gasteiger partial charge in [-0.3, -0.25) is 4.90 Å². The number of aromatic nitrogens is 2. The summed E-state index contributed by atoms with van der Waals surface area (Å²) in [5.74, 6) is 0.501. The predicted octanol–water partition coefficient (Wildman–Crippen LogP) is -1.39. The Kier molecular flexibility index (Phi) is 2.26. The molecule has 2 heterocycles. The Hall–Kier alpha value is -0.980. The molecule has 0 spiro atoms. The van der Waals surface area contributed by atoms with Gasteiger partial charge in [-0.15, -0.1) is 0 Å². The molecular weight excluding hydrogens is 174 g/mol. The van der Waals surface area contributed by atoms with Crippen molar-refractivity contribution in [3.05, 3.63) is 12.2 Å². The molecule has 2 rings (SSSR count). The molecule has 1 fully saturated rings. The maximum atomic E-state index is 9.24. The third kappa shape index (κ3) is 1.85. The maximum absolute atomic E-state index is 9.24. The van der Waals surface area contributed by atoms with Gasteiger partial charge in [-0.05, 0) is 0 Å². The molecule has 72 valence electrons. The van der Waals surface area contributed by atoms with Crippen LogP contribution in [0, 0.1) is 0 Å². The van der Waals surface area contributed by atoms with E-state index < -0.39 is 12.2 Å². The minimum Gasteiger partial charge on any atom is -0.389 e. The van der Waals surface area contributed by atoms with Crippen LogP contribution in [0.4, 0.5) is 0 Å². The van der Waals surface area contributed by atoms with E-state index in [-0.39, 0.29) is 0 Å². The van der Waals surface area contributed by atoms with Crippen LogP contribution in [0.5, 0.6) is 0 Å². The van der Waals surface area contributed by atoms with Crippen molar-refractivity contribution >= 4 is 0 Å². The molecule has 1 aromatic heterocycles. The summed E-state index contributed by atoms with van der Waals surface area (Å²) < 4.78 is 4.80. The van der Waals surface area contributed by atoms with E-state index in [1.807, 2.05) is 4.90 Å². The molecule has 1 saturated heterocycles. The highest BCUT2D eigenvalue weighted by Crippen LogP contribution is 2.12. The topological polar surface area (TPSA) is 82.6 Å². The zero-order valence-electron chi connectivity index (χ0n) is 7.00. The van der Waals surface area contributed by atoms with Crippen molar-refractivity contribution < 1.29 is 14.7 Å². The summed E-state index contributed by atoms with van der Waals surface area (Å²) in [7, 11) is 0. The standard InChI is InChI=1S/C7H11N3O3/c11-5-1-10(2-6(5)12)3-7-8-4-9-13-7/h4-6,11-12H,1-3H2/t5-,6+. The zero-order valence-corrected chi connectivity index (χ0v) is 7.00. The Labute approximate surface area is 74.8 Å². The van der Waals surface area contributed by atoms with Crippen LogP contribution < -0.4 is 0 Å². The van der Waals surface area contributed by atoms with Crippen molar-refractivity contribution in [3.8, 4) is 0 Å². The van der Waals surface area contributed by atoms with Crippen LogP contribution in [0.1, 0.15) is 5.89 Å². The van der Waals surface area contributed by atoms with Crippen molar-refractivity contribution in [2.75, 3.05) is 13.1 Å². The zero-order chi connectivity index (χ0) is 9.26. The third-order valence-electron chi connectivity index (χ3n) is 2.10. The van der Waals surface area contributed by atoms with Crippen LogP contribution in [0.25, 0.3) is 0 Å². The first-order valence-corrected chi connectivity index (χ1v) is 4.10. The first kappa shape index (κ1) is 8.61. The summed E-state index contributed by atoms with van der Waals surface area (Å²) in [6.07, 6.45) is 0.00369. The minimum absolute atomic E-state index is 0.448. The van der Waals surface area contributed by atoms with E-state index in [1.165, 1.54) is 6.33 Å². The van der Waals surface area contributed by atoms with Gasteiger partial charge in [-0.25, -0.2) is 0 Å². The summed E-state index contributed by atoms with van der Waals surface area (Å²) in [6.45, 7) is 1.38. The average molecular weight is 185 g/mol. The highest BCUT2D eigenvalue weighted by Gasteiger charge is 2.30. The Morgan fingerprint density at radius 1 is 1.46 bits per heavy atom. The lowest BCUT2D eigenvalue weighted by atomic mass is 10.3. The van der Waals surface area contributed by atoms with Gasteiger partial charge in [0.05, 0.1) is 18.8 Å². The number of hydrogen-bond acceptors (Lipinski definition) is 6. The summed E-state index contributed by atoms with van der Waals surface area (Å²) in [5, 5.41) is 21.9. The van der Waals surface area contributed by atoms with Gasteiger partial charge in [-0.1, -0.05) is 5.16 Å². The van der Waals surface area contributed by atoms with E-state index in [1.54, 1.807) is 0 Å². The van der Waals surface area contributed by atoms with Gasteiger partial charge in [0.25, 0.3) is 0 Å². The SMILES string of the molecule is O[C@@H]1CN(Cc2ncno2)C[C@@H]1O. The number of likely N-dealkylation sites (tertiary alicyclic amines) is 1. The number of nitrogens with zero attached hydrogens (tertiary/aromatic N) is 3. The fourth-order valence-corrected chi connectivity index (χ4v) is 1.43. The van der Waals surface area contributed by atoms with Crippen LogP contribution in [0.3, 0.4) is 0 Å². The second-order valence-corrected chi connectivity index (χ2v) is 3.16. The van der Waals surface area contributed by atoms with Gasteiger partial charge >= 0.3 is 0 Å². The molecular formula is C7H11N3O3. The molecule has 0 saturated carbocycles. The van der Waals surface area contributed by atoms with Gasteiger partial charge in [0.2, 0.25) is 5.89 Å². The van der Waals surface area contributed by atoms with E-state index in [0.29, 0.717) is 25.5 Å². The first-order chi connectivity index (χ1) is 6.25. The lowest BCUT2D eigenvalue weighted by Gasteiger charge is -2.10. The van der Waals surface area contributed by atoms with Gasteiger partial charge in [0, 0.05) is 13.1 Å². The van der Waals surface area contributed by atoms with Gasteiger partial charge in [0.1, 0.15) is 0 Å². The Balaban J connectivity index is 1.91. The number of rotatable bonds is 2.